The third kappa shape index (κ3) is 8.34. The number of benzene rings is 4. The van der Waals surface area contributed by atoms with Crippen LogP contribution in [0, 0.1) is 6.92 Å². The smallest absolute Gasteiger partial charge is 0.272 e. The number of aryl methyl sites for hydroxylation is 1. The second kappa shape index (κ2) is 14.0. The van der Waals surface area contributed by atoms with E-state index in [1.807, 2.05) is 85.8 Å². The standard InChI is InChI=1S/C35H29N3O4S/c1-24-12-14-27(15-13-24)36-33(39)23-43-30-19-16-28(17-20-30)37-35(41)31(38-34(40)26-10-6-3-7-11-26)22-29-18-21-32(42-29)25-8-4-2-5-9-25/h2-22H,23H2,1H3,(H,36,39)(H,37,41)(H,38,40)/b31-22+. The number of hydrogen-bond acceptors (Lipinski definition) is 5. The van der Waals surface area contributed by atoms with Crippen LogP contribution in [0.5, 0.6) is 0 Å². The van der Waals surface area contributed by atoms with Gasteiger partial charge in [0.25, 0.3) is 11.8 Å². The zero-order chi connectivity index (χ0) is 30.0. The van der Waals surface area contributed by atoms with Crippen molar-refractivity contribution in [2.75, 3.05) is 16.4 Å². The van der Waals surface area contributed by atoms with Gasteiger partial charge < -0.3 is 20.4 Å². The molecule has 0 bridgehead atoms. The summed E-state index contributed by atoms with van der Waals surface area (Å²) in [4.78, 5) is 39.5. The van der Waals surface area contributed by atoms with Gasteiger partial charge in [-0.25, -0.2) is 0 Å². The number of hydrogen-bond donors (Lipinski definition) is 3. The Balaban J connectivity index is 1.26. The number of amides is 3. The summed E-state index contributed by atoms with van der Waals surface area (Å²) >= 11 is 1.39. The Hall–Kier alpha value is -5.34. The van der Waals surface area contributed by atoms with Gasteiger partial charge in [0, 0.05) is 33.5 Å². The number of nitrogens with one attached hydrogen (secondary N) is 3. The van der Waals surface area contributed by atoms with Gasteiger partial charge in [-0.05, 0) is 67.6 Å². The molecular formula is C35H29N3O4S. The highest BCUT2D eigenvalue weighted by atomic mass is 32.2. The van der Waals surface area contributed by atoms with Crippen molar-refractivity contribution in [3.05, 3.63) is 144 Å². The van der Waals surface area contributed by atoms with E-state index in [9.17, 15) is 14.4 Å². The summed E-state index contributed by atoms with van der Waals surface area (Å²) in [6, 6.07) is 36.6. The molecule has 0 fully saturated rings. The number of furan rings is 1. The Kier molecular flexibility index (Phi) is 9.51. The predicted octanol–water partition coefficient (Wildman–Crippen LogP) is 7.40. The van der Waals surface area contributed by atoms with Crippen molar-refractivity contribution >= 4 is 46.9 Å². The van der Waals surface area contributed by atoms with E-state index in [2.05, 4.69) is 16.0 Å². The van der Waals surface area contributed by atoms with Gasteiger partial charge in [-0.2, -0.15) is 0 Å². The minimum atomic E-state index is -0.514. The monoisotopic (exact) mass is 587 g/mol. The molecule has 0 unspecified atom stereocenters. The van der Waals surface area contributed by atoms with Crippen LogP contribution in [0.25, 0.3) is 17.4 Å². The van der Waals surface area contributed by atoms with Crippen molar-refractivity contribution < 1.29 is 18.8 Å². The second-order valence-corrected chi connectivity index (χ2v) is 10.7. The lowest BCUT2D eigenvalue weighted by atomic mass is 10.2. The van der Waals surface area contributed by atoms with Crippen molar-refractivity contribution in [2.45, 2.75) is 11.8 Å². The van der Waals surface area contributed by atoms with E-state index in [1.165, 1.54) is 17.8 Å². The summed E-state index contributed by atoms with van der Waals surface area (Å²) < 4.78 is 5.95. The Bertz CT molecular complexity index is 1730. The SMILES string of the molecule is Cc1ccc(NC(=O)CSc2ccc(NC(=O)/C(=C\c3ccc(-c4ccccc4)o3)NC(=O)c3ccccc3)cc2)cc1. The van der Waals surface area contributed by atoms with Crippen molar-refractivity contribution in [1.82, 2.24) is 5.32 Å². The van der Waals surface area contributed by atoms with E-state index in [0.717, 1.165) is 21.7 Å². The molecule has 0 aliphatic rings. The molecule has 0 saturated carbocycles. The van der Waals surface area contributed by atoms with Crippen molar-refractivity contribution in [3.8, 4) is 11.3 Å². The highest BCUT2D eigenvalue weighted by Gasteiger charge is 2.16. The Morgan fingerprint density at radius 1 is 0.721 bits per heavy atom. The summed E-state index contributed by atoms with van der Waals surface area (Å²) in [5, 5.41) is 8.44. The first-order valence-corrected chi connectivity index (χ1v) is 14.6. The molecule has 8 heteroatoms. The highest BCUT2D eigenvalue weighted by Crippen LogP contribution is 2.24. The van der Waals surface area contributed by atoms with Gasteiger partial charge in [0.05, 0.1) is 5.75 Å². The van der Waals surface area contributed by atoms with Crippen LogP contribution in [-0.2, 0) is 9.59 Å². The summed E-state index contributed by atoms with van der Waals surface area (Å²) in [6.45, 7) is 1.99. The van der Waals surface area contributed by atoms with Gasteiger partial charge in [-0.1, -0.05) is 66.2 Å². The van der Waals surface area contributed by atoms with E-state index >= 15 is 0 Å². The first-order valence-electron chi connectivity index (χ1n) is 13.6. The molecule has 3 amide bonds. The first-order chi connectivity index (χ1) is 20.9. The van der Waals surface area contributed by atoms with Crippen LogP contribution < -0.4 is 16.0 Å². The fourth-order valence-corrected chi connectivity index (χ4v) is 4.79. The number of rotatable bonds is 10. The largest absolute Gasteiger partial charge is 0.457 e. The van der Waals surface area contributed by atoms with Gasteiger partial charge in [0.15, 0.2) is 0 Å². The van der Waals surface area contributed by atoms with Crippen LogP contribution in [0.1, 0.15) is 21.7 Å². The van der Waals surface area contributed by atoms with Gasteiger partial charge in [-0.3, -0.25) is 14.4 Å². The molecule has 1 heterocycles. The van der Waals surface area contributed by atoms with Crippen molar-refractivity contribution in [2.24, 2.45) is 0 Å². The summed E-state index contributed by atoms with van der Waals surface area (Å²) in [5.74, 6) is 0.247. The Morgan fingerprint density at radius 3 is 2.05 bits per heavy atom. The van der Waals surface area contributed by atoms with E-state index in [4.69, 9.17) is 4.42 Å². The van der Waals surface area contributed by atoms with E-state index in [-0.39, 0.29) is 17.4 Å². The number of carbonyl (C=O) groups excluding carboxylic acids is 3. The zero-order valence-electron chi connectivity index (χ0n) is 23.4. The normalized spacial score (nSPS) is 11.0. The molecule has 0 aliphatic carbocycles. The molecule has 0 radical (unpaired) electrons. The molecule has 43 heavy (non-hydrogen) atoms. The summed E-state index contributed by atoms with van der Waals surface area (Å²) in [5.41, 5.74) is 3.74. The maximum Gasteiger partial charge on any atom is 0.272 e. The Labute approximate surface area is 254 Å². The maximum atomic E-state index is 13.4. The summed E-state index contributed by atoms with van der Waals surface area (Å²) in [7, 11) is 0. The lowest BCUT2D eigenvalue weighted by molar-refractivity contribution is -0.114. The molecular weight excluding hydrogens is 558 g/mol. The average molecular weight is 588 g/mol. The van der Waals surface area contributed by atoms with Crippen LogP contribution in [-0.4, -0.2) is 23.5 Å². The molecule has 5 aromatic rings. The topological polar surface area (TPSA) is 100 Å². The van der Waals surface area contributed by atoms with Crippen LogP contribution in [0.2, 0.25) is 0 Å². The zero-order valence-corrected chi connectivity index (χ0v) is 24.2. The molecule has 4 aromatic carbocycles. The quantitative estimate of drug-likeness (QED) is 0.117. The van der Waals surface area contributed by atoms with Gasteiger partial charge in [0.2, 0.25) is 5.91 Å². The van der Waals surface area contributed by atoms with Crippen LogP contribution >= 0.6 is 11.8 Å². The predicted molar refractivity (Wildman–Crippen MR) is 172 cm³/mol. The van der Waals surface area contributed by atoms with Gasteiger partial charge >= 0.3 is 0 Å². The molecule has 0 atom stereocenters. The molecule has 3 N–H and O–H groups in total. The van der Waals surface area contributed by atoms with Crippen LogP contribution in [0.15, 0.2) is 136 Å². The fraction of sp³-hybridized carbons (Fsp3) is 0.0571. The van der Waals surface area contributed by atoms with Crippen molar-refractivity contribution in [3.63, 3.8) is 0 Å². The van der Waals surface area contributed by atoms with E-state index < -0.39 is 11.8 Å². The first kappa shape index (κ1) is 29.2. The lowest BCUT2D eigenvalue weighted by Crippen LogP contribution is -2.30. The third-order valence-electron chi connectivity index (χ3n) is 6.32. The molecule has 0 saturated heterocycles. The van der Waals surface area contributed by atoms with E-state index in [0.29, 0.717) is 22.8 Å². The molecule has 0 spiro atoms. The third-order valence-corrected chi connectivity index (χ3v) is 7.33. The Morgan fingerprint density at radius 2 is 1.35 bits per heavy atom. The number of anilines is 2. The maximum absolute atomic E-state index is 13.4. The molecule has 7 nitrogen and oxygen atoms in total. The summed E-state index contributed by atoms with van der Waals surface area (Å²) in [6.07, 6.45) is 1.50. The minimum absolute atomic E-state index is 0.0223. The number of carbonyl (C=O) groups is 3. The minimum Gasteiger partial charge on any atom is -0.457 e. The average Bonchev–Trinajstić information content (AvgIpc) is 3.51. The molecule has 0 aliphatic heterocycles. The molecule has 214 valence electrons. The molecule has 1 aromatic heterocycles. The highest BCUT2D eigenvalue weighted by molar-refractivity contribution is 8.00. The van der Waals surface area contributed by atoms with Crippen LogP contribution in [0.4, 0.5) is 11.4 Å². The molecule has 5 rings (SSSR count). The van der Waals surface area contributed by atoms with Gasteiger partial charge in [-0.15, -0.1) is 11.8 Å². The second-order valence-electron chi connectivity index (χ2n) is 9.63. The lowest BCUT2D eigenvalue weighted by Gasteiger charge is -2.11. The van der Waals surface area contributed by atoms with Crippen molar-refractivity contribution in [1.29, 1.82) is 0 Å². The van der Waals surface area contributed by atoms with Crippen LogP contribution in [0.3, 0.4) is 0 Å². The van der Waals surface area contributed by atoms with E-state index in [1.54, 1.807) is 42.5 Å². The number of thioether (sulfide) groups is 1. The fourth-order valence-electron chi connectivity index (χ4n) is 4.09. The van der Waals surface area contributed by atoms with Gasteiger partial charge in [0.1, 0.15) is 17.2 Å².